The van der Waals surface area contributed by atoms with Gasteiger partial charge in [0.05, 0.1) is 12.6 Å². The summed E-state index contributed by atoms with van der Waals surface area (Å²) >= 11 is 0. The molecule has 1 aliphatic rings. The summed E-state index contributed by atoms with van der Waals surface area (Å²) in [6, 6.07) is 0. The highest BCUT2D eigenvalue weighted by Crippen LogP contribution is 2.10. The Morgan fingerprint density at radius 1 is 1.31 bits per heavy atom. The minimum Gasteiger partial charge on any atom is -0.447 e. The molecule has 2 heterocycles. The van der Waals surface area contributed by atoms with Crippen LogP contribution in [0.25, 0.3) is 0 Å². The summed E-state index contributed by atoms with van der Waals surface area (Å²) in [5.74, 6) is 0.866. The quantitative estimate of drug-likeness (QED) is 0.656. The third-order valence-electron chi connectivity index (χ3n) is 5.01. The fraction of sp³-hybridized carbons (Fsp3) is 0.789. The second kappa shape index (κ2) is 10.6. The van der Waals surface area contributed by atoms with E-state index in [2.05, 4.69) is 40.9 Å². The number of aliphatic hydroxyl groups is 1. The van der Waals surface area contributed by atoms with Gasteiger partial charge in [0.1, 0.15) is 6.26 Å². The Balaban J connectivity index is 1.73. The van der Waals surface area contributed by atoms with E-state index in [1.165, 1.54) is 6.26 Å². The van der Waals surface area contributed by atoms with Gasteiger partial charge in [-0.2, -0.15) is 0 Å². The predicted octanol–water partition coefficient (Wildman–Crippen LogP) is 1.73. The third kappa shape index (κ3) is 6.70. The van der Waals surface area contributed by atoms with Gasteiger partial charge in [-0.05, 0) is 12.3 Å². The lowest BCUT2D eigenvalue weighted by Gasteiger charge is -2.34. The number of oxazole rings is 1. The van der Waals surface area contributed by atoms with E-state index in [1.54, 1.807) is 0 Å². The zero-order chi connectivity index (χ0) is 18.9. The van der Waals surface area contributed by atoms with Crippen LogP contribution in [-0.2, 0) is 6.54 Å². The number of hydrogen-bond acceptors (Lipinski definition) is 6. The Labute approximate surface area is 156 Å². The summed E-state index contributed by atoms with van der Waals surface area (Å²) < 4.78 is 5.48. The van der Waals surface area contributed by atoms with Gasteiger partial charge < -0.3 is 14.8 Å². The van der Waals surface area contributed by atoms with Crippen molar-refractivity contribution in [3.63, 3.8) is 0 Å². The number of aromatic nitrogens is 1. The highest BCUT2D eigenvalue weighted by Gasteiger charge is 2.21. The number of hydrogen-bond donors (Lipinski definition) is 2. The van der Waals surface area contributed by atoms with Gasteiger partial charge in [-0.15, -0.1) is 0 Å². The highest BCUT2D eigenvalue weighted by molar-refractivity contribution is 5.91. The fourth-order valence-electron chi connectivity index (χ4n) is 3.03. The number of carbonyl (C=O) groups excluding carboxylic acids is 1. The lowest BCUT2D eigenvalue weighted by atomic mass is 10.1. The lowest BCUT2D eigenvalue weighted by molar-refractivity contribution is 0.0634. The number of piperazine rings is 1. The monoisotopic (exact) mass is 366 g/mol. The molecule has 1 aliphatic heterocycles. The summed E-state index contributed by atoms with van der Waals surface area (Å²) in [5.41, 5.74) is 0.352. The van der Waals surface area contributed by atoms with Crippen molar-refractivity contribution < 1.29 is 14.3 Å². The average molecular weight is 367 g/mol. The molecule has 26 heavy (non-hydrogen) atoms. The molecule has 7 nitrogen and oxygen atoms in total. The van der Waals surface area contributed by atoms with Crippen LogP contribution in [0, 0.1) is 5.92 Å². The van der Waals surface area contributed by atoms with Crippen molar-refractivity contribution in [1.29, 1.82) is 0 Å². The Kier molecular flexibility index (Phi) is 8.54. The van der Waals surface area contributed by atoms with Crippen molar-refractivity contribution >= 4 is 5.91 Å². The van der Waals surface area contributed by atoms with Crippen molar-refractivity contribution in [1.82, 2.24) is 20.1 Å². The maximum Gasteiger partial charge on any atom is 0.273 e. The van der Waals surface area contributed by atoms with Gasteiger partial charge in [-0.1, -0.05) is 33.6 Å². The first-order valence-electron chi connectivity index (χ1n) is 9.87. The first-order chi connectivity index (χ1) is 12.5. The number of aliphatic hydroxyl groups excluding tert-OH is 1. The summed E-state index contributed by atoms with van der Waals surface area (Å²) in [4.78, 5) is 21.0. The van der Waals surface area contributed by atoms with Crippen LogP contribution in [0.15, 0.2) is 10.7 Å². The SMILES string of the molecule is CCC[C@H](O)CN1CCN(Cc2nc(C(=O)NC[C@@H](C)CC)co2)CC1. The Morgan fingerprint density at radius 2 is 2.00 bits per heavy atom. The van der Waals surface area contributed by atoms with Crippen molar-refractivity contribution in [3.8, 4) is 0 Å². The molecule has 1 aromatic rings. The molecule has 2 rings (SSSR count). The number of β-amino-alcohol motifs (C(OH)–C–C–N with tert-alkyl or cyclic N) is 1. The predicted molar refractivity (Wildman–Crippen MR) is 101 cm³/mol. The van der Waals surface area contributed by atoms with Gasteiger partial charge in [0.15, 0.2) is 5.69 Å². The zero-order valence-corrected chi connectivity index (χ0v) is 16.4. The number of amides is 1. The molecule has 148 valence electrons. The second-order valence-corrected chi connectivity index (χ2v) is 7.37. The van der Waals surface area contributed by atoms with E-state index in [4.69, 9.17) is 4.42 Å². The fourth-order valence-corrected chi connectivity index (χ4v) is 3.03. The molecular formula is C19H34N4O3. The molecule has 1 fully saturated rings. The molecule has 0 bridgehead atoms. The van der Waals surface area contributed by atoms with Gasteiger partial charge in [0.25, 0.3) is 5.91 Å². The van der Waals surface area contributed by atoms with E-state index in [0.29, 0.717) is 30.6 Å². The van der Waals surface area contributed by atoms with E-state index in [1.807, 2.05) is 0 Å². The number of carbonyl (C=O) groups is 1. The van der Waals surface area contributed by atoms with E-state index < -0.39 is 0 Å². The van der Waals surface area contributed by atoms with Crippen LogP contribution in [0.4, 0.5) is 0 Å². The third-order valence-corrected chi connectivity index (χ3v) is 5.01. The first-order valence-corrected chi connectivity index (χ1v) is 9.87. The van der Waals surface area contributed by atoms with Crippen molar-refractivity contribution in [2.75, 3.05) is 39.3 Å². The number of rotatable bonds is 10. The molecule has 7 heteroatoms. The second-order valence-electron chi connectivity index (χ2n) is 7.37. The first kappa shape index (κ1) is 20.9. The minimum absolute atomic E-state index is 0.171. The van der Waals surface area contributed by atoms with Crippen LogP contribution in [-0.4, -0.2) is 71.2 Å². The van der Waals surface area contributed by atoms with E-state index in [-0.39, 0.29) is 12.0 Å². The molecule has 0 unspecified atom stereocenters. The summed E-state index contributed by atoms with van der Waals surface area (Å²) in [6.07, 6.45) is 4.12. The summed E-state index contributed by atoms with van der Waals surface area (Å²) in [6.45, 7) is 12.0. The highest BCUT2D eigenvalue weighted by atomic mass is 16.3. The molecule has 1 saturated heterocycles. The summed E-state index contributed by atoms with van der Waals surface area (Å²) in [7, 11) is 0. The minimum atomic E-state index is -0.227. The maximum absolute atomic E-state index is 12.1. The Hall–Kier alpha value is -1.44. The molecule has 1 aromatic heterocycles. The van der Waals surface area contributed by atoms with Crippen LogP contribution < -0.4 is 5.32 Å². The molecule has 0 saturated carbocycles. The van der Waals surface area contributed by atoms with Gasteiger partial charge in [0, 0.05) is 39.3 Å². The topological polar surface area (TPSA) is 81.8 Å². The largest absolute Gasteiger partial charge is 0.447 e. The normalized spacial score (nSPS) is 18.6. The average Bonchev–Trinajstić information content (AvgIpc) is 3.09. The Bertz CT molecular complexity index is 541. The molecule has 0 spiro atoms. The molecule has 1 amide bonds. The number of nitrogens with one attached hydrogen (secondary N) is 1. The van der Waals surface area contributed by atoms with Crippen LogP contribution >= 0.6 is 0 Å². The van der Waals surface area contributed by atoms with Crippen LogP contribution in [0.1, 0.15) is 56.4 Å². The molecule has 2 N–H and O–H groups in total. The van der Waals surface area contributed by atoms with Gasteiger partial charge in [-0.25, -0.2) is 4.98 Å². The Morgan fingerprint density at radius 3 is 2.65 bits per heavy atom. The molecule has 2 atom stereocenters. The van der Waals surface area contributed by atoms with Crippen molar-refractivity contribution in [2.24, 2.45) is 5.92 Å². The lowest BCUT2D eigenvalue weighted by Crippen LogP contribution is -2.48. The molecule has 0 aromatic carbocycles. The van der Waals surface area contributed by atoms with Crippen LogP contribution in [0.5, 0.6) is 0 Å². The summed E-state index contributed by atoms with van der Waals surface area (Å²) in [5, 5.41) is 12.8. The molecule has 0 radical (unpaired) electrons. The van der Waals surface area contributed by atoms with Gasteiger partial charge in [-0.3, -0.25) is 14.6 Å². The van der Waals surface area contributed by atoms with Gasteiger partial charge in [0.2, 0.25) is 5.89 Å². The van der Waals surface area contributed by atoms with E-state index >= 15 is 0 Å². The number of nitrogens with zero attached hydrogens (tertiary/aromatic N) is 3. The smallest absolute Gasteiger partial charge is 0.273 e. The van der Waals surface area contributed by atoms with Crippen molar-refractivity contribution in [3.05, 3.63) is 17.8 Å². The van der Waals surface area contributed by atoms with Crippen LogP contribution in [0.3, 0.4) is 0 Å². The van der Waals surface area contributed by atoms with E-state index in [0.717, 1.165) is 52.0 Å². The van der Waals surface area contributed by atoms with Gasteiger partial charge >= 0.3 is 0 Å². The zero-order valence-electron chi connectivity index (χ0n) is 16.4. The molecule has 0 aliphatic carbocycles. The standard InChI is InChI=1S/C19H34N4O3/c1-4-6-16(24)12-22-7-9-23(10-8-22)13-18-21-17(14-26-18)19(25)20-11-15(3)5-2/h14-16,24H,4-13H2,1-3H3,(H,20,25)/t15-,16-/m0/s1. The molecular weight excluding hydrogens is 332 g/mol. The van der Waals surface area contributed by atoms with Crippen molar-refractivity contribution in [2.45, 2.75) is 52.7 Å². The van der Waals surface area contributed by atoms with Crippen LogP contribution in [0.2, 0.25) is 0 Å². The maximum atomic E-state index is 12.1. The van der Waals surface area contributed by atoms with E-state index in [9.17, 15) is 9.90 Å².